The Labute approximate surface area is 55.4 Å². The number of rotatable bonds is 2. The highest BCUT2D eigenvalue weighted by Gasteiger charge is 1.83. The van der Waals surface area contributed by atoms with Crippen molar-refractivity contribution in [1.82, 2.24) is 0 Å². The Morgan fingerprint density at radius 1 is 1.56 bits per heavy atom. The van der Waals surface area contributed by atoms with Crippen LogP contribution in [0.1, 0.15) is 13.8 Å². The number of hydrogen-bond donors (Lipinski definition) is 2. The molecule has 0 fully saturated rings. The van der Waals surface area contributed by atoms with E-state index in [1.807, 2.05) is 13.8 Å². The van der Waals surface area contributed by atoms with Gasteiger partial charge < -0.3 is 11.5 Å². The first-order valence-electron chi connectivity index (χ1n) is 2.87. The van der Waals surface area contributed by atoms with Crippen LogP contribution in [0.2, 0.25) is 0 Å². The number of hydrogen-bond acceptors (Lipinski definition) is 3. The summed E-state index contributed by atoms with van der Waals surface area (Å²) in [6.07, 6.45) is 2.89. The van der Waals surface area contributed by atoms with E-state index < -0.39 is 0 Å². The van der Waals surface area contributed by atoms with Gasteiger partial charge in [0.15, 0.2) is 0 Å². The van der Waals surface area contributed by atoms with Crippen LogP contribution in [0, 0.1) is 0 Å². The standard InChI is InChI=1S/C6H13N3/c1-5(2)9-4-6(8)3-7/h3-5H,7-8H2,1-2H3/b6-3+,9-4?. The zero-order valence-corrected chi connectivity index (χ0v) is 5.83. The predicted octanol–water partition coefficient (Wildman–Crippen LogP) is 0.224. The fourth-order valence-corrected chi connectivity index (χ4v) is 0.278. The van der Waals surface area contributed by atoms with E-state index in [-0.39, 0.29) is 6.04 Å². The fourth-order valence-electron chi connectivity index (χ4n) is 0.278. The highest BCUT2D eigenvalue weighted by molar-refractivity contribution is 5.76. The van der Waals surface area contributed by atoms with Crippen molar-refractivity contribution in [3.8, 4) is 0 Å². The lowest BCUT2D eigenvalue weighted by Crippen LogP contribution is -2.03. The van der Waals surface area contributed by atoms with E-state index in [0.29, 0.717) is 5.70 Å². The van der Waals surface area contributed by atoms with E-state index in [1.54, 1.807) is 6.21 Å². The predicted molar refractivity (Wildman–Crippen MR) is 40.1 cm³/mol. The molecule has 0 saturated heterocycles. The maximum Gasteiger partial charge on any atom is 0.0653 e. The molecule has 3 heteroatoms. The van der Waals surface area contributed by atoms with Crippen molar-refractivity contribution >= 4 is 6.21 Å². The molecule has 0 saturated carbocycles. The summed E-state index contributed by atoms with van der Waals surface area (Å²) in [6.45, 7) is 3.95. The van der Waals surface area contributed by atoms with Gasteiger partial charge in [-0.25, -0.2) is 0 Å². The molecule has 0 amide bonds. The lowest BCUT2D eigenvalue weighted by Gasteiger charge is -1.93. The summed E-state index contributed by atoms with van der Waals surface area (Å²) in [4.78, 5) is 4.00. The van der Waals surface area contributed by atoms with Gasteiger partial charge in [0.25, 0.3) is 0 Å². The quantitative estimate of drug-likeness (QED) is 0.521. The zero-order chi connectivity index (χ0) is 7.28. The summed E-state index contributed by atoms with van der Waals surface area (Å²) in [6, 6.07) is 0.281. The number of allylic oxidation sites excluding steroid dienone is 1. The number of nitrogens with zero attached hydrogens (tertiary/aromatic N) is 1. The third-order valence-electron chi connectivity index (χ3n) is 0.714. The Bertz CT molecular complexity index is 124. The molecule has 0 aliphatic rings. The van der Waals surface area contributed by atoms with Crippen LogP contribution < -0.4 is 11.5 Å². The van der Waals surface area contributed by atoms with Gasteiger partial charge in [-0.15, -0.1) is 0 Å². The van der Waals surface area contributed by atoms with Gasteiger partial charge in [0.2, 0.25) is 0 Å². The Balaban J connectivity index is 3.71. The number of aliphatic imine (C=N–C) groups is 1. The first-order chi connectivity index (χ1) is 4.16. The van der Waals surface area contributed by atoms with Crippen molar-refractivity contribution in [3.05, 3.63) is 11.9 Å². The molecule has 0 radical (unpaired) electrons. The van der Waals surface area contributed by atoms with Crippen LogP contribution in [0.15, 0.2) is 16.9 Å². The van der Waals surface area contributed by atoms with Gasteiger partial charge in [-0.3, -0.25) is 4.99 Å². The summed E-state index contributed by atoms with van der Waals surface area (Å²) < 4.78 is 0. The molecular formula is C6H13N3. The maximum atomic E-state index is 5.31. The topological polar surface area (TPSA) is 64.4 Å². The van der Waals surface area contributed by atoms with Gasteiger partial charge in [0.1, 0.15) is 0 Å². The molecule has 0 bridgehead atoms. The molecule has 9 heavy (non-hydrogen) atoms. The Morgan fingerprint density at radius 2 is 2.11 bits per heavy atom. The largest absolute Gasteiger partial charge is 0.403 e. The SMILES string of the molecule is CC(C)N=C/C(N)=C\N. The van der Waals surface area contributed by atoms with Crippen LogP contribution in [-0.2, 0) is 0 Å². The van der Waals surface area contributed by atoms with Gasteiger partial charge in [-0.05, 0) is 13.8 Å². The van der Waals surface area contributed by atoms with Crippen molar-refractivity contribution < 1.29 is 0 Å². The van der Waals surface area contributed by atoms with Gasteiger partial charge >= 0.3 is 0 Å². The van der Waals surface area contributed by atoms with Crippen LogP contribution in [0.25, 0.3) is 0 Å². The molecule has 0 rings (SSSR count). The minimum atomic E-state index is 0.281. The molecular weight excluding hydrogens is 114 g/mol. The van der Waals surface area contributed by atoms with Crippen molar-refractivity contribution in [2.45, 2.75) is 19.9 Å². The van der Waals surface area contributed by atoms with Crippen LogP contribution >= 0.6 is 0 Å². The van der Waals surface area contributed by atoms with E-state index in [4.69, 9.17) is 11.5 Å². The molecule has 0 aromatic rings. The van der Waals surface area contributed by atoms with Crippen molar-refractivity contribution in [2.24, 2.45) is 16.5 Å². The molecule has 0 aromatic heterocycles. The molecule has 4 N–H and O–H groups in total. The molecule has 0 aliphatic carbocycles. The average molecular weight is 127 g/mol. The summed E-state index contributed by atoms with van der Waals surface area (Å²) in [7, 11) is 0. The third kappa shape index (κ3) is 4.87. The molecule has 52 valence electrons. The van der Waals surface area contributed by atoms with Gasteiger partial charge in [0.05, 0.1) is 5.70 Å². The second kappa shape index (κ2) is 3.95. The van der Waals surface area contributed by atoms with Crippen molar-refractivity contribution in [1.29, 1.82) is 0 Å². The summed E-state index contributed by atoms with van der Waals surface area (Å²) >= 11 is 0. The summed E-state index contributed by atoms with van der Waals surface area (Å²) in [5.41, 5.74) is 10.9. The zero-order valence-electron chi connectivity index (χ0n) is 5.83. The molecule has 0 aromatic carbocycles. The van der Waals surface area contributed by atoms with Crippen LogP contribution in [0.5, 0.6) is 0 Å². The lowest BCUT2D eigenvalue weighted by atomic mass is 10.4. The maximum absolute atomic E-state index is 5.31. The van der Waals surface area contributed by atoms with Gasteiger partial charge in [0, 0.05) is 18.5 Å². The smallest absolute Gasteiger partial charge is 0.0653 e. The van der Waals surface area contributed by atoms with Gasteiger partial charge in [-0.2, -0.15) is 0 Å². The lowest BCUT2D eigenvalue weighted by molar-refractivity contribution is 0.840. The second-order valence-electron chi connectivity index (χ2n) is 2.04. The monoisotopic (exact) mass is 127 g/mol. The average Bonchev–Trinajstić information content (AvgIpc) is 1.83. The van der Waals surface area contributed by atoms with E-state index in [2.05, 4.69) is 4.99 Å². The molecule has 0 aliphatic heterocycles. The molecule has 3 nitrogen and oxygen atoms in total. The third-order valence-corrected chi connectivity index (χ3v) is 0.714. The van der Waals surface area contributed by atoms with E-state index in [1.165, 1.54) is 6.20 Å². The highest BCUT2D eigenvalue weighted by Crippen LogP contribution is 1.84. The number of nitrogens with two attached hydrogens (primary N) is 2. The van der Waals surface area contributed by atoms with Crippen LogP contribution in [0.3, 0.4) is 0 Å². The molecule has 0 heterocycles. The molecule has 0 unspecified atom stereocenters. The first kappa shape index (κ1) is 8.01. The highest BCUT2D eigenvalue weighted by atomic mass is 14.8. The second-order valence-corrected chi connectivity index (χ2v) is 2.04. The molecule has 0 spiro atoms. The Kier molecular flexibility index (Phi) is 3.51. The van der Waals surface area contributed by atoms with Crippen LogP contribution in [-0.4, -0.2) is 12.3 Å². The molecule has 0 atom stereocenters. The minimum absolute atomic E-state index is 0.281. The first-order valence-corrected chi connectivity index (χ1v) is 2.87. The summed E-state index contributed by atoms with van der Waals surface area (Å²) in [5, 5.41) is 0. The Hall–Kier alpha value is -0.990. The van der Waals surface area contributed by atoms with E-state index >= 15 is 0 Å². The van der Waals surface area contributed by atoms with Gasteiger partial charge in [-0.1, -0.05) is 0 Å². The fraction of sp³-hybridized carbons (Fsp3) is 0.500. The normalized spacial score (nSPS) is 13.4. The van der Waals surface area contributed by atoms with Crippen molar-refractivity contribution in [2.75, 3.05) is 0 Å². The summed E-state index contributed by atoms with van der Waals surface area (Å²) in [5.74, 6) is 0. The minimum Gasteiger partial charge on any atom is -0.403 e. The Morgan fingerprint density at radius 3 is 2.44 bits per heavy atom. The van der Waals surface area contributed by atoms with E-state index in [9.17, 15) is 0 Å². The van der Waals surface area contributed by atoms with E-state index in [0.717, 1.165) is 0 Å². The van der Waals surface area contributed by atoms with Crippen molar-refractivity contribution in [3.63, 3.8) is 0 Å². The van der Waals surface area contributed by atoms with Crippen LogP contribution in [0.4, 0.5) is 0 Å².